The lowest BCUT2D eigenvalue weighted by molar-refractivity contribution is -0.141. The van der Waals surface area contributed by atoms with E-state index in [9.17, 15) is 4.79 Å². The third-order valence-corrected chi connectivity index (χ3v) is 3.23. The molecule has 110 valence electrons. The van der Waals surface area contributed by atoms with Gasteiger partial charge in [0, 0.05) is 10.7 Å². The van der Waals surface area contributed by atoms with E-state index in [1.165, 1.54) is 7.11 Å². The van der Waals surface area contributed by atoms with Crippen LogP contribution in [0.15, 0.2) is 48.5 Å². The van der Waals surface area contributed by atoms with Gasteiger partial charge in [-0.15, -0.1) is 0 Å². The standard InChI is InChI=1S/C16H16ClNO3/c1-20-14-8-3-5-11(9-14)15(16(19)21-2)18-13-7-4-6-12(17)10-13/h3-10,15,18H,1-2H3. The normalized spacial score (nSPS) is 11.6. The molecule has 0 amide bonds. The molecule has 2 aromatic rings. The van der Waals surface area contributed by atoms with E-state index in [4.69, 9.17) is 21.1 Å². The zero-order valence-electron chi connectivity index (χ0n) is 11.8. The van der Waals surface area contributed by atoms with Crippen molar-refractivity contribution in [1.29, 1.82) is 0 Å². The second-order valence-electron chi connectivity index (χ2n) is 4.39. The SMILES string of the molecule is COC(=O)C(Nc1cccc(Cl)c1)c1cccc(OC)c1. The number of halogens is 1. The molecule has 0 saturated heterocycles. The molecule has 0 fully saturated rings. The number of nitrogens with one attached hydrogen (secondary N) is 1. The molecule has 2 aromatic carbocycles. The second-order valence-corrected chi connectivity index (χ2v) is 4.82. The van der Waals surface area contributed by atoms with Crippen molar-refractivity contribution in [2.24, 2.45) is 0 Å². The van der Waals surface area contributed by atoms with E-state index in [-0.39, 0.29) is 5.97 Å². The van der Waals surface area contributed by atoms with Gasteiger partial charge in [-0.25, -0.2) is 4.79 Å². The van der Waals surface area contributed by atoms with Gasteiger partial charge in [0.2, 0.25) is 0 Å². The minimum Gasteiger partial charge on any atom is -0.497 e. The summed E-state index contributed by atoms with van der Waals surface area (Å²) in [6.45, 7) is 0. The number of anilines is 1. The number of hydrogen-bond acceptors (Lipinski definition) is 4. The van der Waals surface area contributed by atoms with Gasteiger partial charge in [0.15, 0.2) is 6.04 Å². The van der Waals surface area contributed by atoms with Crippen molar-refractivity contribution in [3.05, 3.63) is 59.1 Å². The Morgan fingerprint density at radius 1 is 1.14 bits per heavy atom. The summed E-state index contributed by atoms with van der Waals surface area (Å²) in [4.78, 5) is 12.0. The van der Waals surface area contributed by atoms with Crippen LogP contribution in [0.1, 0.15) is 11.6 Å². The lowest BCUT2D eigenvalue weighted by Crippen LogP contribution is -2.22. The molecule has 0 bridgehead atoms. The van der Waals surface area contributed by atoms with E-state index in [0.29, 0.717) is 10.8 Å². The predicted molar refractivity (Wildman–Crippen MR) is 82.8 cm³/mol. The summed E-state index contributed by atoms with van der Waals surface area (Å²) in [7, 11) is 2.94. The molecule has 1 atom stereocenters. The third-order valence-electron chi connectivity index (χ3n) is 3.00. The van der Waals surface area contributed by atoms with Crippen LogP contribution in [-0.2, 0) is 9.53 Å². The van der Waals surface area contributed by atoms with Gasteiger partial charge in [-0.1, -0.05) is 29.8 Å². The Hall–Kier alpha value is -2.20. The lowest BCUT2D eigenvalue weighted by atomic mass is 10.1. The molecule has 5 heteroatoms. The Bertz CT molecular complexity index is 630. The molecule has 0 aliphatic heterocycles. The Morgan fingerprint density at radius 3 is 2.57 bits per heavy atom. The molecule has 1 N–H and O–H groups in total. The Labute approximate surface area is 128 Å². The van der Waals surface area contributed by atoms with Gasteiger partial charge in [0.25, 0.3) is 0 Å². The fourth-order valence-corrected chi connectivity index (χ4v) is 2.15. The highest BCUT2D eigenvalue weighted by molar-refractivity contribution is 6.30. The first kappa shape index (κ1) is 15.2. The van der Waals surface area contributed by atoms with Crippen molar-refractivity contribution in [3.63, 3.8) is 0 Å². The number of carbonyl (C=O) groups is 1. The van der Waals surface area contributed by atoms with Crippen LogP contribution in [0, 0.1) is 0 Å². The van der Waals surface area contributed by atoms with E-state index in [2.05, 4.69) is 5.32 Å². The Kier molecular flexibility index (Phi) is 5.06. The van der Waals surface area contributed by atoms with Crippen molar-refractivity contribution in [2.45, 2.75) is 6.04 Å². The van der Waals surface area contributed by atoms with Crippen molar-refractivity contribution < 1.29 is 14.3 Å². The molecule has 0 heterocycles. The van der Waals surface area contributed by atoms with E-state index < -0.39 is 6.04 Å². The van der Waals surface area contributed by atoms with Crippen LogP contribution in [-0.4, -0.2) is 20.2 Å². The molecule has 0 spiro atoms. The van der Waals surface area contributed by atoms with E-state index >= 15 is 0 Å². The molecule has 0 aliphatic carbocycles. The van der Waals surface area contributed by atoms with Crippen LogP contribution in [0.4, 0.5) is 5.69 Å². The number of esters is 1. The highest BCUT2D eigenvalue weighted by Gasteiger charge is 2.21. The van der Waals surface area contributed by atoms with Crippen molar-refractivity contribution in [1.82, 2.24) is 0 Å². The second kappa shape index (κ2) is 6.99. The maximum absolute atomic E-state index is 12.0. The van der Waals surface area contributed by atoms with Crippen molar-refractivity contribution in [3.8, 4) is 5.75 Å². The topological polar surface area (TPSA) is 47.6 Å². The third kappa shape index (κ3) is 3.89. The maximum Gasteiger partial charge on any atom is 0.332 e. The average molecular weight is 306 g/mol. The summed E-state index contributed by atoms with van der Waals surface area (Å²) in [5, 5.41) is 3.72. The number of methoxy groups -OCH3 is 2. The lowest BCUT2D eigenvalue weighted by Gasteiger charge is -2.18. The summed E-state index contributed by atoms with van der Waals surface area (Å²) < 4.78 is 10.1. The minimum atomic E-state index is -0.636. The average Bonchev–Trinajstić information content (AvgIpc) is 2.52. The quantitative estimate of drug-likeness (QED) is 0.856. The molecule has 1 unspecified atom stereocenters. The largest absolute Gasteiger partial charge is 0.497 e. The van der Waals surface area contributed by atoms with Gasteiger partial charge >= 0.3 is 5.97 Å². The summed E-state index contributed by atoms with van der Waals surface area (Å²) in [6, 6.07) is 13.8. The van der Waals surface area contributed by atoms with Crippen LogP contribution < -0.4 is 10.1 Å². The predicted octanol–water partition coefficient (Wildman–Crippen LogP) is 3.67. The van der Waals surface area contributed by atoms with E-state index in [0.717, 1.165) is 11.3 Å². The summed E-state index contributed by atoms with van der Waals surface area (Å²) >= 11 is 5.96. The highest BCUT2D eigenvalue weighted by atomic mass is 35.5. The van der Waals surface area contributed by atoms with E-state index in [1.807, 2.05) is 30.3 Å². The summed E-state index contributed by atoms with van der Waals surface area (Å²) in [5.74, 6) is 0.289. The smallest absolute Gasteiger partial charge is 0.332 e. The van der Waals surface area contributed by atoms with Gasteiger partial charge in [-0.3, -0.25) is 0 Å². The number of rotatable bonds is 5. The first-order valence-corrected chi connectivity index (χ1v) is 6.75. The van der Waals surface area contributed by atoms with Crippen molar-refractivity contribution >= 4 is 23.3 Å². The molecule has 0 aromatic heterocycles. The van der Waals surface area contributed by atoms with Crippen molar-refractivity contribution in [2.75, 3.05) is 19.5 Å². The maximum atomic E-state index is 12.0. The van der Waals surface area contributed by atoms with Gasteiger partial charge in [0.05, 0.1) is 14.2 Å². The van der Waals surface area contributed by atoms with Crippen LogP contribution in [0.2, 0.25) is 5.02 Å². The number of carbonyl (C=O) groups excluding carboxylic acids is 1. The molecule has 21 heavy (non-hydrogen) atoms. The molecule has 0 radical (unpaired) electrons. The van der Waals surface area contributed by atoms with Gasteiger partial charge in [-0.05, 0) is 35.9 Å². The fourth-order valence-electron chi connectivity index (χ4n) is 1.96. The first-order valence-electron chi connectivity index (χ1n) is 6.38. The number of hydrogen-bond donors (Lipinski definition) is 1. The zero-order valence-corrected chi connectivity index (χ0v) is 12.6. The molecule has 2 rings (SSSR count). The zero-order chi connectivity index (χ0) is 15.2. The number of ether oxygens (including phenoxy) is 2. The first-order chi connectivity index (χ1) is 10.1. The van der Waals surface area contributed by atoms with Gasteiger partial charge in [-0.2, -0.15) is 0 Å². The Morgan fingerprint density at radius 2 is 1.90 bits per heavy atom. The van der Waals surface area contributed by atoms with Gasteiger partial charge in [0.1, 0.15) is 5.75 Å². The molecule has 0 aliphatic rings. The van der Waals surface area contributed by atoms with Crippen LogP contribution in [0.25, 0.3) is 0 Å². The number of benzene rings is 2. The van der Waals surface area contributed by atoms with Crippen LogP contribution in [0.3, 0.4) is 0 Å². The Balaban J connectivity index is 2.32. The van der Waals surface area contributed by atoms with Gasteiger partial charge < -0.3 is 14.8 Å². The van der Waals surface area contributed by atoms with Crippen LogP contribution in [0.5, 0.6) is 5.75 Å². The summed E-state index contributed by atoms with van der Waals surface area (Å²) in [6.07, 6.45) is 0. The minimum absolute atomic E-state index is 0.386. The van der Waals surface area contributed by atoms with E-state index in [1.54, 1.807) is 25.3 Å². The highest BCUT2D eigenvalue weighted by Crippen LogP contribution is 2.25. The molecule has 0 saturated carbocycles. The monoisotopic (exact) mass is 305 g/mol. The summed E-state index contributed by atoms with van der Waals surface area (Å²) in [5.41, 5.74) is 1.49. The molecular formula is C16H16ClNO3. The molecular weight excluding hydrogens is 290 g/mol. The molecule has 4 nitrogen and oxygen atoms in total. The van der Waals surface area contributed by atoms with Crippen LogP contribution >= 0.6 is 11.6 Å². The fraction of sp³-hybridized carbons (Fsp3) is 0.188.